The molecule has 2 aliphatic rings. The number of carboxylic acids is 1. The molecular formula is C17H20N2O5S. The van der Waals surface area contributed by atoms with Crippen molar-refractivity contribution in [3.63, 3.8) is 0 Å². The molecule has 0 saturated carbocycles. The van der Waals surface area contributed by atoms with E-state index in [9.17, 15) is 24.6 Å². The Kier molecular flexibility index (Phi) is 4.42. The predicted octanol–water partition coefficient (Wildman–Crippen LogP) is 0.786. The summed E-state index contributed by atoms with van der Waals surface area (Å²) in [6.07, 6.45) is -0.147. The van der Waals surface area contributed by atoms with Gasteiger partial charge in [-0.3, -0.25) is 9.59 Å². The maximum Gasteiger partial charge on any atom is 0.352 e. The summed E-state index contributed by atoms with van der Waals surface area (Å²) in [5, 5.41) is 21.2. The maximum atomic E-state index is 12.2. The van der Waals surface area contributed by atoms with E-state index in [-0.39, 0.29) is 30.0 Å². The number of likely N-dealkylation sites (N-methyl/N-ethyl adjacent to an activating group) is 1. The zero-order valence-electron chi connectivity index (χ0n) is 14.2. The van der Waals surface area contributed by atoms with Crippen LogP contribution in [0.1, 0.15) is 23.8 Å². The Labute approximate surface area is 149 Å². The van der Waals surface area contributed by atoms with Crippen molar-refractivity contribution in [3.8, 4) is 0 Å². The lowest BCUT2D eigenvalue weighted by Gasteiger charge is -2.44. The lowest BCUT2D eigenvalue weighted by atomic mass is 9.83. The van der Waals surface area contributed by atoms with Gasteiger partial charge in [0.25, 0.3) is 0 Å². The van der Waals surface area contributed by atoms with Crippen LogP contribution < -0.4 is 0 Å². The molecule has 2 aliphatic heterocycles. The van der Waals surface area contributed by atoms with Crippen molar-refractivity contribution in [3.05, 3.63) is 27.6 Å². The van der Waals surface area contributed by atoms with Crippen molar-refractivity contribution < 1.29 is 24.6 Å². The first-order valence-electron chi connectivity index (χ1n) is 7.98. The third-order valence-electron chi connectivity index (χ3n) is 4.74. The van der Waals surface area contributed by atoms with E-state index in [1.165, 1.54) is 21.1 Å². The van der Waals surface area contributed by atoms with Gasteiger partial charge in [-0.15, -0.1) is 11.3 Å². The molecule has 0 aromatic carbocycles. The fraction of sp³-hybridized carbons (Fsp3) is 0.471. The van der Waals surface area contributed by atoms with Gasteiger partial charge in [0.15, 0.2) is 0 Å². The number of hydrogen-bond donors (Lipinski definition) is 2. The minimum absolute atomic E-state index is 0.000707. The molecule has 3 heterocycles. The molecule has 0 unspecified atom stereocenters. The average Bonchev–Trinajstić information content (AvgIpc) is 3.08. The molecule has 0 radical (unpaired) electrons. The SMILES string of the molecule is C[C@@H](O)[C@H]1C(=O)N2C(C(=O)O)=C(c3cc(CC(=O)N(C)C)cs3)C[C@H]12. The monoisotopic (exact) mass is 364 g/mol. The minimum atomic E-state index is -1.14. The molecule has 2 amide bonds. The fourth-order valence-corrected chi connectivity index (χ4v) is 4.42. The summed E-state index contributed by atoms with van der Waals surface area (Å²) in [6, 6.07) is 1.51. The highest BCUT2D eigenvalue weighted by molar-refractivity contribution is 7.11. The van der Waals surface area contributed by atoms with Crippen molar-refractivity contribution >= 4 is 34.7 Å². The molecule has 1 fully saturated rings. The van der Waals surface area contributed by atoms with Crippen molar-refractivity contribution in [2.75, 3.05) is 14.1 Å². The van der Waals surface area contributed by atoms with E-state index in [0.29, 0.717) is 12.0 Å². The summed E-state index contributed by atoms with van der Waals surface area (Å²) < 4.78 is 0. The van der Waals surface area contributed by atoms with Crippen LogP contribution in [0.5, 0.6) is 0 Å². The third kappa shape index (κ3) is 2.85. The molecule has 8 heteroatoms. The van der Waals surface area contributed by atoms with E-state index in [1.54, 1.807) is 21.0 Å². The van der Waals surface area contributed by atoms with E-state index >= 15 is 0 Å². The minimum Gasteiger partial charge on any atom is -0.477 e. The summed E-state index contributed by atoms with van der Waals surface area (Å²) in [5.41, 5.74) is 1.42. The second kappa shape index (κ2) is 6.27. The van der Waals surface area contributed by atoms with Crippen LogP contribution in [0.2, 0.25) is 0 Å². The third-order valence-corrected chi connectivity index (χ3v) is 5.78. The van der Waals surface area contributed by atoms with Crippen molar-refractivity contribution in [1.29, 1.82) is 0 Å². The number of hydrogen-bond acceptors (Lipinski definition) is 5. The van der Waals surface area contributed by atoms with Gasteiger partial charge in [0.1, 0.15) is 5.70 Å². The van der Waals surface area contributed by atoms with Gasteiger partial charge in [-0.05, 0) is 30.4 Å². The Balaban J connectivity index is 1.89. The highest BCUT2D eigenvalue weighted by Crippen LogP contribution is 2.47. The second-order valence-corrected chi connectivity index (χ2v) is 7.57. The quantitative estimate of drug-likeness (QED) is 0.753. The molecule has 1 aromatic rings. The second-order valence-electron chi connectivity index (χ2n) is 6.66. The number of aliphatic hydroxyl groups is 1. The van der Waals surface area contributed by atoms with Gasteiger partial charge in [-0.1, -0.05) is 0 Å². The van der Waals surface area contributed by atoms with Crippen LogP contribution in [0.25, 0.3) is 5.57 Å². The molecule has 2 N–H and O–H groups in total. The summed E-state index contributed by atoms with van der Waals surface area (Å²) in [7, 11) is 3.37. The number of fused-ring (bicyclic) bond motifs is 1. The molecule has 7 nitrogen and oxygen atoms in total. The maximum absolute atomic E-state index is 12.2. The van der Waals surface area contributed by atoms with Crippen LogP contribution >= 0.6 is 11.3 Å². The van der Waals surface area contributed by atoms with Crippen LogP contribution in [-0.2, 0) is 20.8 Å². The van der Waals surface area contributed by atoms with Gasteiger partial charge in [-0.25, -0.2) is 4.79 Å². The number of nitrogens with zero attached hydrogens (tertiary/aromatic N) is 2. The number of carboxylic acid groups (broad SMARTS) is 1. The van der Waals surface area contributed by atoms with Gasteiger partial charge >= 0.3 is 5.97 Å². The summed E-state index contributed by atoms with van der Waals surface area (Å²) in [6.45, 7) is 1.55. The number of β-lactam (4-membered cyclic amide) rings is 1. The zero-order valence-corrected chi connectivity index (χ0v) is 15.0. The Morgan fingerprint density at radius 2 is 2.12 bits per heavy atom. The van der Waals surface area contributed by atoms with E-state index in [2.05, 4.69) is 0 Å². The molecular weight excluding hydrogens is 344 g/mol. The number of aliphatic carboxylic acids is 1. The molecule has 3 rings (SSSR count). The Morgan fingerprint density at radius 1 is 1.44 bits per heavy atom. The molecule has 0 aliphatic carbocycles. The standard InChI is InChI=1S/C17H20N2O5S/c1-8(20)14-11-6-10(15(17(23)24)19(11)16(14)22)12-4-9(7-25-12)5-13(21)18(2)3/h4,7-8,11,14,20H,5-6H2,1-3H3,(H,23,24)/t8-,11-,14-/m1/s1. The number of thiophene rings is 1. The van der Waals surface area contributed by atoms with Gasteiger partial charge in [0.2, 0.25) is 11.8 Å². The predicted molar refractivity (Wildman–Crippen MR) is 91.7 cm³/mol. The fourth-order valence-electron chi connectivity index (χ4n) is 3.45. The number of rotatable bonds is 5. The molecule has 134 valence electrons. The summed E-state index contributed by atoms with van der Waals surface area (Å²) in [4.78, 5) is 39.3. The zero-order chi connectivity index (χ0) is 18.5. The van der Waals surface area contributed by atoms with E-state index in [1.807, 2.05) is 11.4 Å². The van der Waals surface area contributed by atoms with Gasteiger partial charge in [0.05, 0.1) is 24.5 Å². The molecule has 0 bridgehead atoms. The van der Waals surface area contributed by atoms with Crippen molar-refractivity contribution in [2.45, 2.75) is 31.9 Å². The van der Waals surface area contributed by atoms with Crippen LogP contribution in [0, 0.1) is 5.92 Å². The van der Waals surface area contributed by atoms with E-state index < -0.39 is 18.0 Å². The Bertz CT molecular complexity index is 780. The largest absolute Gasteiger partial charge is 0.477 e. The lowest BCUT2D eigenvalue weighted by Crippen LogP contribution is -2.61. The number of amides is 2. The molecule has 1 aromatic heterocycles. The van der Waals surface area contributed by atoms with Crippen LogP contribution in [-0.4, -0.2) is 64.0 Å². The molecule has 3 atom stereocenters. The first kappa shape index (κ1) is 17.6. The Morgan fingerprint density at radius 3 is 2.68 bits per heavy atom. The first-order chi connectivity index (χ1) is 11.7. The molecule has 25 heavy (non-hydrogen) atoms. The smallest absolute Gasteiger partial charge is 0.352 e. The van der Waals surface area contributed by atoms with Crippen LogP contribution in [0.3, 0.4) is 0 Å². The Hall–Kier alpha value is -2.19. The normalized spacial score (nSPS) is 23.4. The van der Waals surface area contributed by atoms with E-state index in [0.717, 1.165) is 10.4 Å². The lowest BCUT2D eigenvalue weighted by molar-refractivity contribution is -0.161. The van der Waals surface area contributed by atoms with Gasteiger partial charge in [-0.2, -0.15) is 0 Å². The number of aliphatic hydroxyl groups excluding tert-OH is 1. The average molecular weight is 364 g/mol. The number of carbonyl (C=O) groups is 3. The first-order valence-corrected chi connectivity index (χ1v) is 8.85. The summed E-state index contributed by atoms with van der Waals surface area (Å²) >= 11 is 1.37. The highest BCUT2D eigenvalue weighted by Gasteiger charge is 2.56. The van der Waals surface area contributed by atoms with Crippen molar-refractivity contribution in [1.82, 2.24) is 9.80 Å². The van der Waals surface area contributed by atoms with Gasteiger partial charge < -0.3 is 20.0 Å². The van der Waals surface area contributed by atoms with E-state index in [4.69, 9.17) is 0 Å². The van der Waals surface area contributed by atoms with Crippen LogP contribution in [0.15, 0.2) is 17.1 Å². The van der Waals surface area contributed by atoms with Gasteiger partial charge in [0, 0.05) is 24.5 Å². The van der Waals surface area contributed by atoms with Crippen molar-refractivity contribution in [2.24, 2.45) is 5.92 Å². The van der Waals surface area contributed by atoms with Crippen LogP contribution in [0.4, 0.5) is 0 Å². The highest BCUT2D eigenvalue weighted by atomic mass is 32.1. The number of carbonyl (C=O) groups excluding carboxylic acids is 2. The topological polar surface area (TPSA) is 98.1 Å². The molecule has 1 saturated heterocycles. The summed E-state index contributed by atoms with van der Waals surface area (Å²) in [5.74, 6) is -2.07. The molecule has 0 spiro atoms.